The van der Waals surface area contributed by atoms with Crippen molar-refractivity contribution < 1.29 is 58.4 Å². The Morgan fingerprint density at radius 3 is 1.55 bits per heavy atom. The molecule has 77 heavy (non-hydrogen) atoms. The van der Waals surface area contributed by atoms with Gasteiger partial charge in [0.2, 0.25) is 11.9 Å². The summed E-state index contributed by atoms with van der Waals surface area (Å²) in [4.78, 5) is 44.0. The van der Waals surface area contributed by atoms with E-state index in [1.54, 1.807) is 6.07 Å². The van der Waals surface area contributed by atoms with Crippen molar-refractivity contribution >= 4 is 80.5 Å². The number of alkyl halides is 4. The molecule has 0 aliphatic carbocycles. The second kappa shape index (κ2) is 26.2. The lowest BCUT2D eigenvalue weighted by Crippen LogP contribution is -2.41. The minimum atomic E-state index is -3.42. The van der Waals surface area contributed by atoms with Gasteiger partial charge in [-0.2, -0.15) is 18.6 Å². The Balaban J connectivity index is 0.000000270. The molecular formula is C45H52Cl4F6N14O7S. The number of phenols is 1. The van der Waals surface area contributed by atoms with E-state index in [0.29, 0.717) is 52.6 Å². The molecule has 2 aromatic carbocycles. The number of aromatic nitrogens is 8. The number of halogens is 10. The fourth-order valence-electron chi connectivity index (χ4n) is 7.07. The Morgan fingerprint density at radius 1 is 0.701 bits per heavy atom. The molecule has 0 bridgehead atoms. The number of aromatic hydroxyl groups is 1. The summed E-state index contributed by atoms with van der Waals surface area (Å²) in [5.41, 5.74) is 14.8. The highest BCUT2D eigenvalue weighted by molar-refractivity contribution is 7.85. The second-order valence-electron chi connectivity index (χ2n) is 16.6. The van der Waals surface area contributed by atoms with E-state index in [2.05, 4.69) is 44.9 Å². The largest absolute Gasteiger partial charge is 0.507 e. The molecule has 420 valence electrons. The Bertz CT molecular complexity index is 3160. The maximum absolute atomic E-state index is 13.2. The smallest absolute Gasteiger partial charge is 0.318 e. The highest BCUT2D eigenvalue weighted by Crippen LogP contribution is 2.43. The Kier molecular flexibility index (Phi) is 21.4. The van der Waals surface area contributed by atoms with Crippen molar-refractivity contribution in [1.82, 2.24) is 59.9 Å². The predicted molar refractivity (Wildman–Crippen MR) is 276 cm³/mol. The molecular weight excluding hydrogens is 1140 g/mol. The quantitative estimate of drug-likeness (QED) is 0.0503. The number of hydrogen-bond donors (Lipinski definition) is 5. The van der Waals surface area contributed by atoms with Crippen LogP contribution >= 0.6 is 46.4 Å². The number of amides is 4. The average Bonchev–Trinajstić information content (AvgIpc) is 4.11. The van der Waals surface area contributed by atoms with Crippen molar-refractivity contribution in [2.45, 2.75) is 79.8 Å². The zero-order valence-corrected chi connectivity index (χ0v) is 43.2. The predicted octanol–water partition coefficient (Wildman–Crippen LogP) is 8.82. The summed E-state index contributed by atoms with van der Waals surface area (Å²) in [7, 11) is -3.42. The molecule has 21 nitrogen and oxygen atoms in total. The van der Waals surface area contributed by atoms with Crippen molar-refractivity contribution in [3.63, 3.8) is 0 Å². The summed E-state index contributed by atoms with van der Waals surface area (Å²) in [6, 6.07) is 4.42. The summed E-state index contributed by atoms with van der Waals surface area (Å²) in [6.45, 7) is 0.526. The van der Waals surface area contributed by atoms with E-state index in [0.717, 1.165) is 24.8 Å². The Morgan fingerprint density at radius 2 is 1.13 bits per heavy atom. The van der Waals surface area contributed by atoms with Gasteiger partial charge in [0.1, 0.15) is 18.1 Å². The molecule has 0 saturated carbocycles. The lowest BCUT2D eigenvalue weighted by atomic mass is 10.0. The first-order chi connectivity index (χ1) is 35.0. The molecule has 0 spiro atoms. The minimum absolute atomic E-state index is 0. The number of hydrogen-bond acceptors (Lipinski definition) is 15. The van der Waals surface area contributed by atoms with E-state index in [1.807, 2.05) is 0 Å². The summed E-state index contributed by atoms with van der Waals surface area (Å²) < 4.78 is 112. The maximum atomic E-state index is 13.2. The van der Waals surface area contributed by atoms with Gasteiger partial charge in [0.05, 0.1) is 134 Å². The molecule has 4 amide bonds. The molecule has 7 N–H and O–H groups in total. The average molecular weight is 1190 g/mol. The van der Waals surface area contributed by atoms with Gasteiger partial charge in [-0.1, -0.05) is 61.3 Å². The van der Waals surface area contributed by atoms with E-state index >= 15 is 0 Å². The molecule has 2 aliphatic heterocycles. The van der Waals surface area contributed by atoms with E-state index < -0.39 is 58.7 Å². The Hall–Kier alpha value is -6.59. The molecule has 6 heterocycles. The fourth-order valence-corrected chi connectivity index (χ4v) is 8.59. The van der Waals surface area contributed by atoms with Gasteiger partial charge in [-0.3, -0.25) is 13.5 Å². The van der Waals surface area contributed by atoms with Gasteiger partial charge in [0, 0.05) is 35.0 Å². The van der Waals surface area contributed by atoms with E-state index in [-0.39, 0.29) is 117 Å². The fraction of sp³-hybridized carbons (Fsp3) is 0.378. The number of phenolic OH excluding ortho intramolecular Hbond substituents is 1. The number of ether oxygens (including phenoxy) is 1. The highest BCUT2D eigenvalue weighted by Gasteiger charge is 2.34. The molecule has 2 aliphatic rings. The van der Waals surface area contributed by atoms with Crippen molar-refractivity contribution in [3.05, 3.63) is 103 Å². The summed E-state index contributed by atoms with van der Waals surface area (Å²) in [5, 5.41) is 23.0. The van der Waals surface area contributed by atoms with Crippen LogP contribution in [0.15, 0.2) is 49.1 Å². The van der Waals surface area contributed by atoms with Crippen LogP contribution in [-0.2, 0) is 53.6 Å². The number of fused-ring (bicyclic) bond motifs is 2. The van der Waals surface area contributed by atoms with E-state index in [9.17, 15) is 49.5 Å². The molecule has 0 radical (unpaired) electrons. The topological polar surface area (TPSA) is 277 Å². The number of urea groups is 2. The standard InChI is InChI=1S/C21H20Cl2F3N7O2.C16H15Cl2F2N5O2.C6H9FN2O3S.2CH4/c1-21(25,26)10-28-20(34)32-8-13-15(9-32)30-19(27)31-18(13)17-14(23)4-11(22)5-16(17)35-3-2-33-7-12(24)6-29-33;1-16(19,20)6-22-15(27)25-4-8-10(5-25)23-14(21)24-13(8)12-9(18)2-7(17)3-11(12)26;1-13(10,11)12-3-2-9-5-6(7)4-8-9;;/h4-7H,2-3,8-10H2,1H3,(H,28,34)(H2,27,30,31);2-3,26H,4-6H2,1H3,(H,22,27)(H2,21,23,24);4-5H,2-3H2,1H3;2*1H4. The van der Waals surface area contributed by atoms with Gasteiger partial charge < -0.3 is 41.7 Å². The molecule has 32 heteroatoms. The number of carbonyl (C=O) groups is 2. The number of nitrogens with one attached hydrogen (secondary N) is 2. The lowest BCUT2D eigenvalue weighted by Gasteiger charge is -2.18. The normalized spacial score (nSPS) is 12.7. The molecule has 0 fully saturated rings. The second-order valence-corrected chi connectivity index (χ2v) is 20.0. The van der Waals surface area contributed by atoms with Gasteiger partial charge in [-0.15, -0.1) is 0 Å². The van der Waals surface area contributed by atoms with Gasteiger partial charge in [0.25, 0.3) is 22.0 Å². The van der Waals surface area contributed by atoms with Crippen molar-refractivity contribution in [3.8, 4) is 34.0 Å². The molecule has 4 aromatic heterocycles. The molecule has 8 rings (SSSR count). The number of benzene rings is 2. The molecule has 0 unspecified atom stereocenters. The van der Waals surface area contributed by atoms with Crippen LogP contribution in [0, 0.1) is 11.6 Å². The first-order valence-electron chi connectivity index (χ1n) is 21.6. The number of nitrogen functional groups attached to an aromatic ring is 2. The minimum Gasteiger partial charge on any atom is -0.507 e. The first kappa shape index (κ1) is 62.9. The highest BCUT2D eigenvalue weighted by atomic mass is 35.5. The van der Waals surface area contributed by atoms with Crippen LogP contribution in [0.3, 0.4) is 0 Å². The van der Waals surface area contributed by atoms with Crippen molar-refractivity contribution in [2.75, 3.05) is 44.0 Å². The number of rotatable bonds is 14. The maximum Gasteiger partial charge on any atom is 0.318 e. The third-order valence-electron chi connectivity index (χ3n) is 10.2. The van der Waals surface area contributed by atoms with Crippen LogP contribution in [0.1, 0.15) is 51.2 Å². The zero-order chi connectivity index (χ0) is 55.2. The number of nitrogens with zero attached hydrogens (tertiary/aromatic N) is 10. The number of anilines is 2. The first-order valence-corrected chi connectivity index (χ1v) is 25.0. The van der Waals surface area contributed by atoms with Crippen LogP contribution in [-0.4, -0.2) is 119 Å². The van der Waals surface area contributed by atoms with Crippen LogP contribution in [0.5, 0.6) is 11.5 Å². The van der Waals surface area contributed by atoms with Crippen molar-refractivity contribution in [2.24, 2.45) is 0 Å². The number of nitrogens with two attached hydrogens (primary N) is 2. The van der Waals surface area contributed by atoms with Crippen LogP contribution in [0.2, 0.25) is 20.1 Å². The third-order valence-corrected chi connectivity index (χ3v) is 11.8. The van der Waals surface area contributed by atoms with Gasteiger partial charge in [0.15, 0.2) is 11.6 Å². The van der Waals surface area contributed by atoms with E-state index in [4.69, 9.17) is 62.6 Å². The van der Waals surface area contributed by atoms with Crippen LogP contribution in [0.4, 0.5) is 47.8 Å². The van der Waals surface area contributed by atoms with Gasteiger partial charge in [-0.05, 0) is 24.3 Å². The third kappa shape index (κ3) is 18.0. The van der Waals surface area contributed by atoms with Crippen molar-refractivity contribution in [1.29, 1.82) is 0 Å². The van der Waals surface area contributed by atoms with E-state index in [1.165, 1.54) is 43.6 Å². The molecule has 0 atom stereocenters. The van der Waals surface area contributed by atoms with Gasteiger partial charge >= 0.3 is 12.1 Å². The lowest BCUT2D eigenvalue weighted by molar-refractivity contribution is 0.0233. The zero-order valence-electron chi connectivity index (χ0n) is 39.4. The molecule has 0 saturated heterocycles. The monoisotopic (exact) mass is 1190 g/mol. The summed E-state index contributed by atoms with van der Waals surface area (Å²) in [5.74, 6) is -7.07. The Labute approximate surface area is 457 Å². The van der Waals surface area contributed by atoms with Gasteiger partial charge in [-0.25, -0.2) is 55.9 Å². The number of carbonyl (C=O) groups excluding carboxylic acids is 2. The van der Waals surface area contributed by atoms with Crippen LogP contribution in [0.25, 0.3) is 22.5 Å². The SMILES string of the molecule is C.C.CC(F)(F)CNC(=O)N1Cc2nc(N)nc(-c3c(Cl)cc(Cl)cc3OCCn3cc(F)cn3)c2C1.CC(F)(F)CNC(=O)N1Cc2nc(N)nc(-c3c(O)cc(Cl)cc3Cl)c2C1.CS(=O)(=O)OCCn1cc(F)cn1. The summed E-state index contributed by atoms with van der Waals surface area (Å²) in [6.07, 6.45) is 5.46. The summed E-state index contributed by atoms with van der Waals surface area (Å²) >= 11 is 24.8. The van der Waals surface area contributed by atoms with Crippen LogP contribution < -0.4 is 26.8 Å². The molecule has 6 aromatic rings.